The molecule has 0 aromatic carbocycles. The van der Waals surface area contributed by atoms with Crippen molar-refractivity contribution >= 4 is 39.8 Å². The first-order valence-electron chi connectivity index (χ1n) is 7.89. The largest absolute Gasteiger partial charge is 0.356 e. The molecule has 0 aliphatic heterocycles. The van der Waals surface area contributed by atoms with Gasteiger partial charge in [0.2, 0.25) is 0 Å². The summed E-state index contributed by atoms with van der Waals surface area (Å²) in [6.45, 7) is 6.14. The maximum atomic E-state index is 11.1. The van der Waals surface area contributed by atoms with E-state index in [-0.39, 0.29) is 29.7 Å². The maximum Gasteiger partial charge on any atom is 0.190 e. The van der Waals surface area contributed by atoms with Crippen molar-refractivity contribution in [1.29, 1.82) is 0 Å². The summed E-state index contributed by atoms with van der Waals surface area (Å²) < 4.78 is 22.2. The third kappa shape index (κ3) is 8.55. The Hall–Kier alpha value is -0.0500. The van der Waals surface area contributed by atoms with Gasteiger partial charge in [-0.15, -0.1) is 24.0 Å². The Balaban J connectivity index is 0.00000441. The van der Waals surface area contributed by atoms with E-state index in [1.807, 2.05) is 0 Å². The van der Waals surface area contributed by atoms with Crippen LogP contribution in [0.1, 0.15) is 46.0 Å². The van der Waals surface area contributed by atoms with Crippen molar-refractivity contribution in [2.45, 2.75) is 46.0 Å². The number of sulfone groups is 1. The van der Waals surface area contributed by atoms with Crippen molar-refractivity contribution in [3.8, 4) is 0 Å². The molecule has 1 fully saturated rings. The summed E-state index contributed by atoms with van der Waals surface area (Å²) in [4.78, 5) is 4.21. The van der Waals surface area contributed by atoms with E-state index in [0.29, 0.717) is 18.4 Å². The number of nitrogens with one attached hydrogen (secondary N) is 2. The second-order valence-electron chi connectivity index (χ2n) is 6.79. The van der Waals surface area contributed by atoms with Gasteiger partial charge in [-0.2, -0.15) is 0 Å². The molecule has 0 aromatic heterocycles. The van der Waals surface area contributed by atoms with Crippen LogP contribution < -0.4 is 10.6 Å². The first-order chi connectivity index (χ1) is 9.76. The summed E-state index contributed by atoms with van der Waals surface area (Å²) in [5.41, 5.74) is 0.429. The molecule has 0 heterocycles. The lowest BCUT2D eigenvalue weighted by molar-refractivity contribution is 0.104. The fourth-order valence-corrected chi connectivity index (χ4v) is 3.70. The molecule has 0 radical (unpaired) electrons. The summed E-state index contributed by atoms with van der Waals surface area (Å²) in [6.07, 6.45) is 7.05. The Bertz CT molecular complexity index is 446. The van der Waals surface area contributed by atoms with Crippen LogP contribution in [0, 0.1) is 11.3 Å². The minimum absolute atomic E-state index is 0. The number of aliphatic imine (C=N–C) groups is 1. The summed E-state index contributed by atoms with van der Waals surface area (Å²) in [5.74, 6) is 1.71. The van der Waals surface area contributed by atoms with Crippen molar-refractivity contribution < 1.29 is 8.42 Å². The number of rotatable bonds is 8. The van der Waals surface area contributed by atoms with Crippen molar-refractivity contribution in [3.63, 3.8) is 0 Å². The molecule has 7 heteroatoms. The Morgan fingerprint density at radius 3 is 2.32 bits per heavy atom. The molecule has 1 aliphatic rings. The van der Waals surface area contributed by atoms with Crippen LogP contribution in [0.2, 0.25) is 0 Å². The van der Waals surface area contributed by atoms with Crippen LogP contribution in [0.25, 0.3) is 0 Å². The zero-order chi connectivity index (χ0) is 15.9. The van der Waals surface area contributed by atoms with E-state index in [4.69, 9.17) is 0 Å². The van der Waals surface area contributed by atoms with E-state index < -0.39 is 9.84 Å². The summed E-state index contributed by atoms with van der Waals surface area (Å²) in [7, 11) is -1.12. The van der Waals surface area contributed by atoms with Gasteiger partial charge in [0.05, 0.1) is 5.75 Å². The molecule has 0 bridgehead atoms. The van der Waals surface area contributed by atoms with Crippen molar-refractivity contribution in [2.75, 3.05) is 32.1 Å². The van der Waals surface area contributed by atoms with E-state index in [0.717, 1.165) is 18.4 Å². The molecule has 0 atom stereocenters. The molecule has 0 amide bonds. The molecule has 1 saturated carbocycles. The normalized spacial score (nSPS) is 17.6. The molecule has 1 aliphatic carbocycles. The number of hydrogen-bond donors (Lipinski definition) is 2. The molecular weight excluding hydrogens is 413 g/mol. The number of nitrogens with zero attached hydrogens (tertiary/aromatic N) is 1. The monoisotopic (exact) mass is 445 g/mol. The summed E-state index contributed by atoms with van der Waals surface area (Å²) in [5, 5.41) is 6.60. The highest BCUT2D eigenvalue weighted by atomic mass is 127. The van der Waals surface area contributed by atoms with Crippen LogP contribution >= 0.6 is 24.0 Å². The first kappa shape index (κ1) is 21.9. The van der Waals surface area contributed by atoms with Gasteiger partial charge in [-0.3, -0.25) is 4.99 Å². The highest BCUT2D eigenvalue weighted by Crippen LogP contribution is 2.45. The van der Waals surface area contributed by atoms with Crippen LogP contribution in [0.15, 0.2) is 4.99 Å². The molecule has 0 aromatic rings. The van der Waals surface area contributed by atoms with Gasteiger partial charge in [0.25, 0.3) is 0 Å². The van der Waals surface area contributed by atoms with Gasteiger partial charge >= 0.3 is 0 Å². The standard InChI is InChI=1S/C15H31N3O2S.HI/c1-13(2)11-15(7-5-8-15)12-18-14(16-3)17-9-6-10-21(4,19)20;/h13H,5-12H2,1-4H3,(H2,16,17,18);1H. The van der Waals surface area contributed by atoms with Crippen molar-refractivity contribution in [1.82, 2.24) is 10.6 Å². The van der Waals surface area contributed by atoms with Crippen LogP contribution in [0.3, 0.4) is 0 Å². The van der Waals surface area contributed by atoms with Gasteiger partial charge in [0.15, 0.2) is 5.96 Å². The van der Waals surface area contributed by atoms with Crippen molar-refractivity contribution in [2.24, 2.45) is 16.3 Å². The molecular formula is C15H32IN3O2S. The molecule has 132 valence electrons. The van der Waals surface area contributed by atoms with Crippen molar-refractivity contribution in [3.05, 3.63) is 0 Å². The first-order valence-corrected chi connectivity index (χ1v) is 9.95. The van der Waals surface area contributed by atoms with Gasteiger partial charge in [-0.25, -0.2) is 8.42 Å². The van der Waals surface area contributed by atoms with Crippen LogP contribution in [-0.2, 0) is 9.84 Å². The van der Waals surface area contributed by atoms with Crippen LogP contribution in [0.5, 0.6) is 0 Å². The highest BCUT2D eigenvalue weighted by Gasteiger charge is 2.37. The molecule has 22 heavy (non-hydrogen) atoms. The third-order valence-electron chi connectivity index (χ3n) is 4.09. The minimum Gasteiger partial charge on any atom is -0.356 e. The fraction of sp³-hybridized carbons (Fsp3) is 0.933. The Labute approximate surface area is 153 Å². The van der Waals surface area contributed by atoms with Gasteiger partial charge in [-0.1, -0.05) is 20.3 Å². The molecule has 2 N–H and O–H groups in total. The lowest BCUT2D eigenvalue weighted by atomic mass is 9.64. The van der Waals surface area contributed by atoms with E-state index in [2.05, 4.69) is 29.5 Å². The summed E-state index contributed by atoms with van der Waals surface area (Å²) >= 11 is 0. The van der Waals surface area contributed by atoms with E-state index in [1.54, 1.807) is 7.05 Å². The molecule has 1 rings (SSSR count). The van der Waals surface area contributed by atoms with Crippen LogP contribution in [-0.4, -0.2) is 46.5 Å². The van der Waals surface area contributed by atoms with Gasteiger partial charge in [0, 0.05) is 26.4 Å². The number of hydrogen-bond acceptors (Lipinski definition) is 3. The second kappa shape index (κ2) is 9.95. The van der Waals surface area contributed by atoms with Gasteiger partial charge in [0.1, 0.15) is 9.84 Å². The zero-order valence-electron chi connectivity index (χ0n) is 14.3. The lowest BCUT2D eigenvalue weighted by Gasteiger charge is -2.43. The smallest absolute Gasteiger partial charge is 0.190 e. The second-order valence-corrected chi connectivity index (χ2v) is 9.05. The molecule has 0 unspecified atom stereocenters. The minimum atomic E-state index is -2.87. The summed E-state index contributed by atoms with van der Waals surface area (Å²) in [6, 6.07) is 0. The zero-order valence-corrected chi connectivity index (χ0v) is 17.5. The number of halogens is 1. The Kier molecular flexibility index (Phi) is 9.93. The fourth-order valence-electron chi connectivity index (χ4n) is 3.03. The third-order valence-corrected chi connectivity index (χ3v) is 5.12. The quantitative estimate of drug-likeness (QED) is 0.261. The predicted molar refractivity (Wildman–Crippen MR) is 105 cm³/mol. The Morgan fingerprint density at radius 1 is 1.27 bits per heavy atom. The average Bonchev–Trinajstić information content (AvgIpc) is 2.32. The molecule has 5 nitrogen and oxygen atoms in total. The molecule has 0 saturated heterocycles. The highest BCUT2D eigenvalue weighted by molar-refractivity contribution is 14.0. The maximum absolute atomic E-state index is 11.1. The average molecular weight is 445 g/mol. The Morgan fingerprint density at radius 2 is 1.91 bits per heavy atom. The van der Waals surface area contributed by atoms with E-state index in [9.17, 15) is 8.42 Å². The van der Waals surface area contributed by atoms with E-state index in [1.165, 1.54) is 31.9 Å². The SMILES string of the molecule is CN=C(NCCCS(C)(=O)=O)NCC1(CC(C)C)CCC1.I. The number of guanidine groups is 1. The van der Waals surface area contributed by atoms with Gasteiger partial charge in [-0.05, 0) is 37.0 Å². The molecule has 0 spiro atoms. The predicted octanol–water partition coefficient (Wildman–Crippen LogP) is 2.42. The van der Waals surface area contributed by atoms with Crippen LogP contribution in [0.4, 0.5) is 0 Å². The van der Waals surface area contributed by atoms with Gasteiger partial charge < -0.3 is 10.6 Å². The topological polar surface area (TPSA) is 70.6 Å². The lowest BCUT2D eigenvalue weighted by Crippen LogP contribution is -2.47. The van der Waals surface area contributed by atoms with E-state index >= 15 is 0 Å².